The molecule has 0 saturated carbocycles. The Bertz CT molecular complexity index is 1020. The molecule has 0 aliphatic carbocycles. The number of carbonyl (C=O) groups excluding carboxylic acids is 1. The lowest BCUT2D eigenvalue weighted by Gasteiger charge is -2.10. The predicted molar refractivity (Wildman–Crippen MR) is 125 cm³/mol. The highest BCUT2D eigenvalue weighted by Crippen LogP contribution is 2.26. The molecule has 3 aromatic rings. The standard InChI is InChI=1S/C24H28N4OS/c1-6-11-28-23(20-9-7-19(8-10-20)16(2)3)26-27-24(28)30-15-22(29)25-21-13-17(4)12-18(5)14-21/h6-10,12-14,16H,1,11,15H2,2-5H3,(H,25,29). The zero-order valence-electron chi connectivity index (χ0n) is 18.0. The molecule has 1 N–H and O–H groups in total. The molecule has 0 unspecified atom stereocenters. The Labute approximate surface area is 182 Å². The van der Waals surface area contributed by atoms with E-state index in [1.807, 2.05) is 36.6 Å². The second-order valence-corrected chi connectivity index (χ2v) is 8.64. The third-order valence-corrected chi connectivity index (χ3v) is 5.67. The Morgan fingerprint density at radius 1 is 1.13 bits per heavy atom. The van der Waals surface area contributed by atoms with Crippen molar-refractivity contribution in [1.82, 2.24) is 14.8 Å². The summed E-state index contributed by atoms with van der Waals surface area (Å²) in [6.07, 6.45) is 1.81. The Morgan fingerprint density at radius 3 is 2.40 bits per heavy atom. The summed E-state index contributed by atoms with van der Waals surface area (Å²) in [7, 11) is 0. The molecule has 0 atom stereocenters. The van der Waals surface area contributed by atoms with Crippen molar-refractivity contribution < 1.29 is 4.79 Å². The number of anilines is 1. The molecule has 3 rings (SSSR count). The van der Waals surface area contributed by atoms with Gasteiger partial charge in [-0.1, -0.05) is 62.0 Å². The number of thioether (sulfide) groups is 1. The molecule has 30 heavy (non-hydrogen) atoms. The first kappa shape index (κ1) is 21.8. The zero-order valence-corrected chi connectivity index (χ0v) is 18.8. The largest absolute Gasteiger partial charge is 0.325 e. The zero-order chi connectivity index (χ0) is 21.7. The van der Waals surface area contributed by atoms with E-state index >= 15 is 0 Å². The van der Waals surface area contributed by atoms with Crippen molar-refractivity contribution in [3.63, 3.8) is 0 Å². The number of aryl methyl sites for hydroxylation is 2. The van der Waals surface area contributed by atoms with Gasteiger partial charge < -0.3 is 5.32 Å². The van der Waals surface area contributed by atoms with Gasteiger partial charge >= 0.3 is 0 Å². The van der Waals surface area contributed by atoms with Crippen LogP contribution in [0.2, 0.25) is 0 Å². The SMILES string of the molecule is C=CCn1c(SCC(=O)Nc2cc(C)cc(C)c2)nnc1-c1ccc(C(C)C)cc1. The molecule has 5 nitrogen and oxygen atoms in total. The van der Waals surface area contributed by atoms with E-state index in [4.69, 9.17) is 0 Å². The summed E-state index contributed by atoms with van der Waals surface area (Å²) >= 11 is 1.38. The highest BCUT2D eigenvalue weighted by molar-refractivity contribution is 7.99. The summed E-state index contributed by atoms with van der Waals surface area (Å²) in [5, 5.41) is 12.4. The average molecular weight is 421 g/mol. The van der Waals surface area contributed by atoms with Crippen LogP contribution in [0.1, 0.15) is 36.5 Å². The van der Waals surface area contributed by atoms with Gasteiger partial charge in [0, 0.05) is 17.8 Å². The van der Waals surface area contributed by atoms with Crippen LogP contribution in [0.5, 0.6) is 0 Å². The number of aromatic nitrogens is 3. The van der Waals surface area contributed by atoms with Crippen LogP contribution in [0.3, 0.4) is 0 Å². The molecular formula is C24H28N4OS. The molecule has 0 radical (unpaired) electrons. The van der Waals surface area contributed by atoms with Crippen molar-refractivity contribution in [3.8, 4) is 11.4 Å². The van der Waals surface area contributed by atoms with Crippen LogP contribution in [0, 0.1) is 13.8 Å². The Hall–Kier alpha value is -2.86. The maximum atomic E-state index is 12.4. The first-order valence-corrected chi connectivity index (χ1v) is 11.0. The van der Waals surface area contributed by atoms with Gasteiger partial charge in [-0.2, -0.15) is 0 Å². The van der Waals surface area contributed by atoms with Gasteiger partial charge in [-0.05, 0) is 48.6 Å². The van der Waals surface area contributed by atoms with Crippen molar-refractivity contribution in [2.24, 2.45) is 0 Å². The molecule has 0 bridgehead atoms. The van der Waals surface area contributed by atoms with Crippen LogP contribution < -0.4 is 5.32 Å². The van der Waals surface area contributed by atoms with E-state index in [1.54, 1.807) is 0 Å². The van der Waals surface area contributed by atoms with Gasteiger partial charge in [-0.15, -0.1) is 16.8 Å². The van der Waals surface area contributed by atoms with Crippen LogP contribution in [0.4, 0.5) is 5.69 Å². The lowest BCUT2D eigenvalue weighted by atomic mass is 10.0. The number of carbonyl (C=O) groups is 1. The maximum absolute atomic E-state index is 12.4. The minimum absolute atomic E-state index is 0.0685. The summed E-state index contributed by atoms with van der Waals surface area (Å²) in [6, 6.07) is 14.4. The third-order valence-electron chi connectivity index (χ3n) is 4.70. The van der Waals surface area contributed by atoms with Crippen LogP contribution in [-0.2, 0) is 11.3 Å². The molecular weight excluding hydrogens is 392 g/mol. The molecule has 0 aliphatic rings. The van der Waals surface area contributed by atoms with E-state index in [1.165, 1.54) is 17.3 Å². The molecule has 1 heterocycles. The molecule has 1 aromatic heterocycles. The fraction of sp³-hybridized carbons (Fsp3) is 0.292. The summed E-state index contributed by atoms with van der Waals surface area (Å²) in [5.74, 6) is 1.45. The number of allylic oxidation sites excluding steroid dienone is 1. The van der Waals surface area contributed by atoms with E-state index in [-0.39, 0.29) is 11.7 Å². The van der Waals surface area contributed by atoms with Crippen LogP contribution in [0.25, 0.3) is 11.4 Å². The molecule has 0 saturated heterocycles. The lowest BCUT2D eigenvalue weighted by molar-refractivity contribution is -0.113. The molecule has 0 aliphatic heterocycles. The smallest absolute Gasteiger partial charge is 0.234 e. The molecule has 1 amide bonds. The normalized spacial score (nSPS) is 11.0. The monoisotopic (exact) mass is 420 g/mol. The topological polar surface area (TPSA) is 59.8 Å². The van der Waals surface area contributed by atoms with Gasteiger partial charge in [0.25, 0.3) is 0 Å². The summed E-state index contributed by atoms with van der Waals surface area (Å²) in [5.41, 5.74) is 5.34. The minimum atomic E-state index is -0.0685. The Kier molecular flexibility index (Phi) is 7.11. The van der Waals surface area contributed by atoms with Crippen molar-refractivity contribution in [2.75, 3.05) is 11.1 Å². The third kappa shape index (κ3) is 5.39. The highest BCUT2D eigenvalue weighted by Gasteiger charge is 2.15. The van der Waals surface area contributed by atoms with Gasteiger partial charge in [-0.3, -0.25) is 9.36 Å². The maximum Gasteiger partial charge on any atom is 0.234 e. The summed E-state index contributed by atoms with van der Waals surface area (Å²) in [4.78, 5) is 12.4. The number of rotatable bonds is 8. The van der Waals surface area contributed by atoms with Gasteiger partial charge in [0.1, 0.15) is 0 Å². The highest BCUT2D eigenvalue weighted by atomic mass is 32.2. The number of hydrogen-bond donors (Lipinski definition) is 1. The first-order chi connectivity index (χ1) is 14.4. The minimum Gasteiger partial charge on any atom is -0.325 e. The van der Waals surface area contributed by atoms with Gasteiger partial charge in [0.15, 0.2) is 11.0 Å². The number of benzene rings is 2. The quantitative estimate of drug-likeness (QED) is 0.380. The van der Waals surface area contributed by atoms with E-state index in [2.05, 4.69) is 66.3 Å². The fourth-order valence-electron chi connectivity index (χ4n) is 3.29. The van der Waals surface area contributed by atoms with Crippen LogP contribution >= 0.6 is 11.8 Å². The van der Waals surface area contributed by atoms with Crippen molar-refractivity contribution in [3.05, 3.63) is 71.8 Å². The van der Waals surface area contributed by atoms with E-state index in [0.717, 1.165) is 28.2 Å². The second-order valence-electron chi connectivity index (χ2n) is 7.70. The number of nitrogens with one attached hydrogen (secondary N) is 1. The molecule has 0 spiro atoms. The second kappa shape index (κ2) is 9.76. The van der Waals surface area contributed by atoms with Crippen LogP contribution in [0.15, 0.2) is 60.3 Å². The number of nitrogens with zero attached hydrogens (tertiary/aromatic N) is 3. The summed E-state index contributed by atoms with van der Waals surface area (Å²) in [6.45, 7) is 12.8. The molecule has 0 fully saturated rings. The fourth-order valence-corrected chi connectivity index (χ4v) is 4.04. The molecule has 6 heteroatoms. The molecule has 156 valence electrons. The lowest BCUT2D eigenvalue weighted by Crippen LogP contribution is -2.15. The van der Waals surface area contributed by atoms with Crippen molar-refractivity contribution >= 4 is 23.4 Å². The Morgan fingerprint density at radius 2 is 1.80 bits per heavy atom. The van der Waals surface area contributed by atoms with E-state index < -0.39 is 0 Å². The predicted octanol–water partition coefficient (Wildman–Crippen LogP) is 5.60. The summed E-state index contributed by atoms with van der Waals surface area (Å²) < 4.78 is 1.99. The van der Waals surface area contributed by atoms with Crippen LogP contribution in [-0.4, -0.2) is 26.4 Å². The number of amides is 1. The van der Waals surface area contributed by atoms with Crippen molar-refractivity contribution in [1.29, 1.82) is 0 Å². The average Bonchev–Trinajstić information content (AvgIpc) is 3.08. The first-order valence-electron chi connectivity index (χ1n) is 10.0. The number of hydrogen-bond acceptors (Lipinski definition) is 4. The Balaban J connectivity index is 1.73. The van der Waals surface area contributed by atoms with Gasteiger partial charge in [-0.25, -0.2) is 0 Å². The van der Waals surface area contributed by atoms with E-state index in [9.17, 15) is 4.79 Å². The molecule has 2 aromatic carbocycles. The van der Waals surface area contributed by atoms with E-state index in [0.29, 0.717) is 17.6 Å². The van der Waals surface area contributed by atoms with Crippen molar-refractivity contribution in [2.45, 2.75) is 45.3 Å². The van der Waals surface area contributed by atoms with Gasteiger partial charge in [0.05, 0.1) is 5.75 Å². The van der Waals surface area contributed by atoms with Gasteiger partial charge in [0.2, 0.25) is 5.91 Å².